The van der Waals surface area contributed by atoms with E-state index in [1.165, 1.54) is 16.8 Å². The number of carbonyl (C=O) groups excluding carboxylic acids is 1. The van der Waals surface area contributed by atoms with Gasteiger partial charge in [0, 0.05) is 12.7 Å². The third kappa shape index (κ3) is 4.19. The van der Waals surface area contributed by atoms with Gasteiger partial charge in [-0.05, 0) is 44.4 Å². The van der Waals surface area contributed by atoms with Crippen LogP contribution in [0.25, 0.3) is 0 Å². The lowest BCUT2D eigenvalue weighted by molar-refractivity contribution is -0.109. The Morgan fingerprint density at radius 3 is 2.29 bits per heavy atom. The fraction of sp³-hybridized carbons (Fsp3) is 0.500. The number of aldehydes is 1. The summed E-state index contributed by atoms with van der Waals surface area (Å²) in [6.07, 6.45) is 3.17. The van der Waals surface area contributed by atoms with Crippen molar-refractivity contribution in [1.82, 2.24) is 5.32 Å². The predicted octanol–water partition coefficient (Wildman–Crippen LogP) is 2.28. The highest BCUT2D eigenvalue weighted by atomic mass is 16.1. The average Bonchev–Trinajstić information content (AvgIpc) is 2.83. The molecule has 1 aliphatic heterocycles. The molecule has 1 aromatic rings. The normalized spacial score (nSPS) is 18.2. The summed E-state index contributed by atoms with van der Waals surface area (Å²) in [5.74, 6) is 0. The third-order valence-electron chi connectivity index (χ3n) is 2.99. The van der Waals surface area contributed by atoms with E-state index in [-0.39, 0.29) is 6.04 Å². The van der Waals surface area contributed by atoms with Gasteiger partial charge < -0.3 is 15.4 Å². The quantitative estimate of drug-likeness (QED) is 0.771. The van der Waals surface area contributed by atoms with Crippen LogP contribution in [0.3, 0.4) is 0 Å². The minimum atomic E-state index is 0.167. The molecule has 1 atom stereocenters. The molecule has 0 saturated carbocycles. The van der Waals surface area contributed by atoms with E-state index in [0.717, 1.165) is 25.7 Å². The van der Waals surface area contributed by atoms with Crippen molar-refractivity contribution in [2.45, 2.75) is 32.7 Å². The maximum atomic E-state index is 9.94. The molecule has 1 aromatic carbocycles. The molecule has 1 unspecified atom stereocenters. The van der Waals surface area contributed by atoms with E-state index in [2.05, 4.69) is 42.7 Å². The number of benzene rings is 1. The van der Waals surface area contributed by atoms with Crippen molar-refractivity contribution < 1.29 is 4.79 Å². The van der Waals surface area contributed by atoms with E-state index in [1.807, 2.05) is 7.05 Å². The van der Waals surface area contributed by atoms with Crippen molar-refractivity contribution in [3.8, 4) is 0 Å². The first-order chi connectivity index (χ1) is 8.19. The monoisotopic (exact) mass is 234 g/mol. The number of aryl methyl sites for hydroxylation is 2. The smallest absolute Gasteiger partial charge is 0.136 e. The molecule has 0 amide bonds. The highest BCUT2D eigenvalue weighted by Gasteiger charge is 2.10. The van der Waals surface area contributed by atoms with Gasteiger partial charge in [-0.15, -0.1) is 0 Å². The summed E-state index contributed by atoms with van der Waals surface area (Å²) >= 11 is 0. The van der Waals surface area contributed by atoms with Crippen LogP contribution in [0, 0.1) is 13.8 Å². The fourth-order valence-corrected chi connectivity index (χ4v) is 2.04. The van der Waals surface area contributed by atoms with Crippen LogP contribution in [0.15, 0.2) is 18.2 Å². The first kappa shape index (κ1) is 13.7. The molecule has 0 radical (unpaired) electrons. The summed E-state index contributed by atoms with van der Waals surface area (Å²) in [5, 5.41) is 6.20. The Bertz CT molecular complexity index is 337. The molecule has 2 rings (SSSR count). The number of carbonyl (C=O) groups is 1. The summed E-state index contributed by atoms with van der Waals surface area (Å²) in [4.78, 5) is 9.94. The van der Waals surface area contributed by atoms with E-state index in [0.29, 0.717) is 0 Å². The molecule has 1 fully saturated rings. The van der Waals surface area contributed by atoms with Crippen molar-refractivity contribution in [1.29, 1.82) is 0 Å². The summed E-state index contributed by atoms with van der Waals surface area (Å²) < 4.78 is 0. The first-order valence-corrected chi connectivity index (χ1v) is 6.11. The zero-order valence-corrected chi connectivity index (χ0v) is 10.9. The highest BCUT2D eigenvalue weighted by molar-refractivity contribution is 5.57. The largest absolute Gasteiger partial charge is 0.388 e. The molecule has 3 nitrogen and oxygen atoms in total. The molecule has 3 heteroatoms. The van der Waals surface area contributed by atoms with Gasteiger partial charge in [-0.2, -0.15) is 0 Å². The lowest BCUT2D eigenvalue weighted by atomic mass is 10.1. The Hall–Kier alpha value is -1.35. The molecule has 0 spiro atoms. The van der Waals surface area contributed by atoms with Crippen LogP contribution in [-0.2, 0) is 4.79 Å². The molecular weight excluding hydrogens is 212 g/mol. The summed E-state index contributed by atoms with van der Waals surface area (Å²) in [7, 11) is 1.95. The Morgan fingerprint density at radius 2 is 2.00 bits per heavy atom. The van der Waals surface area contributed by atoms with Crippen molar-refractivity contribution in [2.75, 3.05) is 18.9 Å². The standard InChI is InChI=1S/C9H13N.C5H9NO/c1-7-5-4-6-8(2)9(7)10-3;7-4-5-2-1-3-6-5/h4-6,10H,1-3H3;4-6H,1-3H2. The number of hydrogen-bond acceptors (Lipinski definition) is 3. The molecule has 17 heavy (non-hydrogen) atoms. The van der Waals surface area contributed by atoms with E-state index in [4.69, 9.17) is 0 Å². The first-order valence-electron chi connectivity index (χ1n) is 6.11. The minimum absolute atomic E-state index is 0.167. The second-order valence-corrected chi connectivity index (χ2v) is 4.36. The van der Waals surface area contributed by atoms with Gasteiger partial charge in [-0.25, -0.2) is 0 Å². The van der Waals surface area contributed by atoms with Gasteiger partial charge in [0.05, 0.1) is 6.04 Å². The molecular formula is C14H22N2O. The summed E-state index contributed by atoms with van der Waals surface area (Å²) in [6.45, 7) is 5.24. The second kappa shape index (κ2) is 7.07. The number of rotatable bonds is 2. The van der Waals surface area contributed by atoms with Crippen LogP contribution in [0.2, 0.25) is 0 Å². The Morgan fingerprint density at radius 1 is 1.35 bits per heavy atom. The number of nitrogens with one attached hydrogen (secondary N) is 2. The Labute approximate surface area is 104 Å². The van der Waals surface area contributed by atoms with Crippen LogP contribution in [-0.4, -0.2) is 25.9 Å². The molecule has 94 valence electrons. The molecule has 0 aliphatic carbocycles. The summed E-state index contributed by atoms with van der Waals surface area (Å²) in [6, 6.07) is 6.46. The van der Waals surface area contributed by atoms with Crippen molar-refractivity contribution >= 4 is 12.0 Å². The lowest BCUT2D eigenvalue weighted by Crippen LogP contribution is -2.21. The van der Waals surface area contributed by atoms with Crippen molar-refractivity contribution in [3.05, 3.63) is 29.3 Å². The molecule has 2 N–H and O–H groups in total. The second-order valence-electron chi connectivity index (χ2n) is 4.36. The minimum Gasteiger partial charge on any atom is -0.388 e. The van der Waals surface area contributed by atoms with E-state index in [9.17, 15) is 4.79 Å². The number of hydrogen-bond donors (Lipinski definition) is 2. The maximum Gasteiger partial charge on any atom is 0.136 e. The average molecular weight is 234 g/mol. The lowest BCUT2D eigenvalue weighted by Gasteiger charge is -2.07. The number of para-hydroxylation sites is 1. The van der Waals surface area contributed by atoms with Gasteiger partial charge in [0.1, 0.15) is 6.29 Å². The fourth-order valence-electron chi connectivity index (χ4n) is 2.04. The summed E-state index contributed by atoms with van der Waals surface area (Å²) in [5.41, 5.74) is 3.87. The van der Waals surface area contributed by atoms with E-state index in [1.54, 1.807) is 0 Å². The van der Waals surface area contributed by atoms with Crippen molar-refractivity contribution in [2.24, 2.45) is 0 Å². The van der Waals surface area contributed by atoms with Crippen molar-refractivity contribution in [3.63, 3.8) is 0 Å². The SMILES string of the molecule is CNc1c(C)cccc1C.O=CC1CCCN1. The van der Waals surface area contributed by atoms with Crippen LogP contribution in [0.5, 0.6) is 0 Å². The number of anilines is 1. The van der Waals surface area contributed by atoms with Gasteiger partial charge in [-0.1, -0.05) is 18.2 Å². The van der Waals surface area contributed by atoms with Gasteiger partial charge >= 0.3 is 0 Å². The van der Waals surface area contributed by atoms with Gasteiger partial charge in [0.2, 0.25) is 0 Å². The van der Waals surface area contributed by atoms with E-state index >= 15 is 0 Å². The molecule has 0 bridgehead atoms. The topological polar surface area (TPSA) is 41.1 Å². The van der Waals surface area contributed by atoms with Crippen LogP contribution < -0.4 is 10.6 Å². The predicted molar refractivity (Wildman–Crippen MR) is 72.6 cm³/mol. The Kier molecular flexibility index (Phi) is 5.70. The highest BCUT2D eigenvalue weighted by Crippen LogP contribution is 2.17. The molecule has 1 heterocycles. The van der Waals surface area contributed by atoms with Crippen LogP contribution >= 0.6 is 0 Å². The van der Waals surface area contributed by atoms with Gasteiger partial charge in [-0.3, -0.25) is 0 Å². The van der Waals surface area contributed by atoms with Gasteiger partial charge in [0.25, 0.3) is 0 Å². The Balaban J connectivity index is 0.000000181. The van der Waals surface area contributed by atoms with Crippen LogP contribution in [0.1, 0.15) is 24.0 Å². The zero-order chi connectivity index (χ0) is 12.7. The maximum absolute atomic E-state index is 9.94. The van der Waals surface area contributed by atoms with Gasteiger partial charge in [0.15, 0.2) is 0 Å². The third-order valence-corrected chi connectivity index (χ3v) is 2.99. The molecule has 0 aromatic heterocycles. The molecule has 1 saturated heterocycles. The van der Waals surface area contributed by atoms with Crippen LogP contribution in [0.4, 0.5) is 5.69 Å². The van der Waals surface area contributed by atoms with E-state index < -0.39 is 0 Å². The molecule has 1 aliphatic rings. The zero-order valence-electron chi connectivity index (χ0n) is 10.9.